The van der Waals surface area contributed by atoms with Crippen LogP contribution in [0.1, 0.15) is 32.1 Å². The smallest absolute Gasteiger partial charge is 0.687 e. The quantitative estimate of drug-likeness (QED) is 0.583. The largest absolute Gasteiger partial charge is 1.00 e. The van der Waals surface area contributed by atoms with Crippen LogP contribution in [0.15, 0.2) is 24.3 Å². The average molecular weight is 207 g/mol. The Hall–Kier alpha value is -0.643. The van der Waals surface area contributed by atoms with Crippen molar-refractivity contribution in [2.75, 3.05) is 0 Å². The third kappa shape index (κ3) is 3.74. The Kier molecular flexibility index (Phi) is 5.74. The molecule has 0 amide bonds. The molecule has 0 bridgehead atoms. The normalized spacial score (nSPS) is 17.9. The van der Waals surface area contributed by atoms with E-state index in [2.05, 4.69) is 18.0 Å². The van der Waals surface area contributed by atoms with Gasteiger partial charge in [-0.25, -0.2) is 0 Å². The molecule has 0 atom stereocenters. The van der Waals surface area contributed by atoms with Gasteiger partial charge in [-0.3, -0.25) is 0 Å². The van der Waals surface area contributed by atoms with Crippen LogP contribution in [0.3, 0.4) is 0 Å². The molecule has 0 unspecified atom stereocenters. The van der Waals surface area contributed by atoms with E-state index < -0.39 is 0 Å². The predicted octanol–water partition coefficient (Wildman–Crippen LogP) is -0.455. The van der Waals surface area contributed by atoms with Gasteiger partial charge in [0.25, 0.3) is 0 Å². The second kappa shape index (κ2) is 6.84. The Morgan fingerprint density at radius 1 is 1.12 bits per heavy atom. The topological polar surface area (TPSA) is 14.1 Å². The molecule has 1 aromatic rings. The van der Waals surface area contributed by atoms with Gasteiger partial charge in [-0.1, -0.05) is 62.9 Å². The van der Waals surface area contributed by atoms with Crippen molar-refractivity contribution in [3.8, 4) is 0 Å². The van der Waals surface area contributed by atoms with E-state index in [1.165, 1.54) is 32.1 Å². The Morgan fingerprint density at radius 2 is 1.81 bits per heavy atom. The second-order valence-corrected chi connectivity index (χ2v) is 4.27. The minimum absolute atomic E-state index is 0. The van der Waals surface area contributed by atoms with Gasteiger partial charge in [0.2, 0.25) is 0 Å². The molecule has 80 valence electrons. The van der Waals surface area contributed by atoms with Crippen LogP contribution in [0, 0.1) is 0 Å². The fraction of sp³-hybridized carbons (Fsp3) is 0.429. The zero-order valence-electron chi connectivity index (χ0n) is 10.2. The zero-order chi connectivity index (χ0) is 10.5. The van der Waals surface area contributed by atoms with Crippen molar-refractivity contribution in [1.29, 1.82) is 0 Å². The maximum absolute atomic E-state index is 4.65. The summed E-state index contributed by atoms with van der Waals surface area (Å²) in [6.07, 6.45) is 8.59. The molecule has 2 heteroatoms. The van der Waals surface area contributed by atoms with Crippen molar-refractivity contribution < 1.29 is 18.9 Å². The van der Waals surface area contributed by atoms with Gasteiger partial charge in [0.05, 0.1) is 0 Å². The summed E-state index contributed by atoms with van der Waals surface area (Å²) in [5.41, 5.74) is 0. The molecule has 0 saturated heterocycles. The van der Waals surface area contributed by atoms with Crippen LogP contribution in [-0.2, 0) is 0 Å². The molecule has 0 spiro atoms. The number of nitrogens with zero attached hydrogens (tertiary/aromatic N) is 1. The van der Waals surface area contributed by atoms with Crippen LogP contribution in [-0.4, -0.2) is 6.04 Å². The summed E-state index contributed by atoms with van der Waals surface area (Å²) in [5.74, 6) is 0. The Labute approximate surface area is 110 Å². The van der Waals surface area contributed by atoms with Crippen LogP contribution in [0.2, 0.25) is 0 Å². The molecule has 0 heterocycles. The summed E-state index contributed by atoms with van der Waals surface area (Å²) in [7, 11) is 0. The van der Waals surface area contributed by atoms with Gasteiger partial charge in [-0.05, 0) is 10.4 Å². The Morgan fingerprint density at radius 3 is 2.50 bits per heavy atom. The first-order valence-electron chi connectivity index (χ1n) is 5.80. The summed E-state index contributed by atoms with van der Waals surface area (Å²) in [4.78, 5) is 0. The monoisotopic (exact) mass is 207 g/mol. The fourth-order valence-electron chi connectivity index (χ4n) is 2.08. The number of benzene rings is 1. The zero-order valence-corrected chi connectivity index (χ0v) is 10.2. The van der Waals surface area contributed by atoms with Crippen molar-refractivity contribution in [2.24, 2.45) is 0 Å². The van der Waals surface area contributed by atoms with Gasteiger partial charge in [0, 0.05) is 0 Å². The van der Waals surface area contributed by atoms with Crippen molar-refractivity contribution >= 4 is 12.8 Å². The SMILES string of the molecule is C=c1cccc/c1=C\[N-]C1CCCCC1.[Li+]. The third-order valence-corrected chi connectivity index (χ3v) is 3.05. The van der Waals surface area contributed by atoms with Crippen molar-refractivity contribution in [3.63, 3.8) is 0 Å². The first kappa shape index (κ1) is 13.4. The van der Waals surface area contributed by atoms with Crippen molar-refractivity contribution in [2.45, 2.75) is 38.1 Å². The molecule has 1 aliphatic carbocycles. The van der Waals surface area contributed by atoms with E-state index in [1.54, 1.807) is 0 Å². The van der Waals surface area contributed by atoms with Crippen LogP contribution in [0.4, 0.5) is 0 Å². The van der Waals surface area contributed by atoms with Gasteiger partial charge < -0.3 is 5.32 Å². The number of hydrogen-bond acceptors (Lipinski definition) is 0. The average Bonchev–Trinajstić information content (AvgIpc) is 2.29. The van der Waals surface area contributed by atoms with E-state index in [4.69, 9.17) is 0 Å². The third-order valence-electron chi connectivity index (χ3n) is 3.05. The summed E-state index contributed by atoms with van der Waals surface area (Å²) < 4.78 is 0. The van der Waals surface area contributed by atoms with Crippen LogP contribution >= 0.6 is 0 Å². The van der Waals surface area contributed by atoms with Gasteiger partial charge in [-0.2, -0.15) is 6.20 Å². The molecule has 1 aliphatic rings. The molecule has 0 aromatic heterocycles. The van der Waals surface area contributed by atoms with E-state index in [0.29, 0.717) is 6.04 Å². The summed E-state index contributed by atoms with van der Waals surface area (Å²) in [5, 5.41) is 6.87. The van der Waals surface area contributed by atoms with E-state index in [-0.39, 0.29) is 18.9 Å². The number of rotatable bonds is 2. The van der Waals surface area contributed by atoms with E-state index in [1.807, 2.05) is 24.4 Å². The predicted molar refractivity (Wildman–Crippen MR) is 65.9 cm³/mol. The van der Waals surface area contributed by atoms with Gasteiger partial charge in [0.15, 0.2) is 0 Å². The molecule has 1 fully saturated rings. The molecular formula is C14H18LiN. The van der Waals surface area contributed by atoms with Gasteiger partial charge in [0.1, 0.15) is 0 Å². The first-order valence-corrected chi connectivity index (χ1v) is 5.80. The van der Waals surface area contributed by atoms with Crippen molar-refractivity contribution in [1.82, 2.24) is 0 Å². The molecule has 16 heavy (non-hydrogen) atoms. The van der Waals surface area contributed by atoms with Crippen LogP contribution < -0.4 is 29.3 Å². The molecule has 1 nitrogen and oxygen atoms in total. The summed E-state index contributed by atoms with van der Waals surface area (Å²) in [6, 6.07) is 8.71. The molecule has 0 N–H and O–H groups in total. The fourth-order valence-corrected chi connectivity index (χ4v) is 2.08. The standard InChI is InChI=1S/C14H18N.Li/c1-12-7-5-6-8-13(12)11-15-14-9-3-2-4-10-14;/h5-8,11,14H,1-4,9-10H2;/q-1;+1/b13-11+;. The summed E-state index contributed by atoms with van der Waals surface area (Å²) in [6.45, 7) is 3.99. The van der Waals surface area contributed by atoms with Gasteiger partial charge in [-0.15, -0.1) is 6.04 Å². The Balaban J connectivity index is 0.00000128. The minimum atomic E-state index is 0. The van der Waals surface area contributed by atoms with Crippen molar-refractivity contribution in [3.05, 3.63) is 40.0 Å². The number of hydrogen-bond donors (Lipinski definition) is 0. The van der Waals surface area contributed by atoms with E-state index in [9.17, 15) is 0 Å². The van der Waals surface area contributed by atoms with Gasteiger partial charge >= 0.3 is 18.9 Å². The molecule has 0 aliphatic heterocycles. The Bertz CT molecular complexity index is 407. The molecule has 2 rings (SSSR count). The summed E-state index contributed by atoms with van der Waals surface area (Å²) >= 11 is 0. The molecule has 1 saturated carbocycles. The minimum Gasteiger partial charge on any atom is -0.687 e. The molecule has 0 radical (unpaired) electrons. The molecule has 1 aromatic carbocycles. The maximum atomic E-state index is 4.65. The maximum Gasteiger partial charge on any atom is 1.00 e. The molecular weight excluding hydrogens is 189 g/mol. The van der Waals surface area contributed by atoms with E-state index in [0.717, 1.165) is 10.4 Å². The van der Waals surface area contributed by atoms with Crippen LogP contribution in [0.25, 0.3) is 18.1 Å². The van der Waals surface area contributed by atoms with Crippen LogP contribution in [0.5, 0.6) is 0 Å². The first-order chi connectivity index (χ1) is 7.36. The van der Waals surface area contributed by atoms with E-state index >= 15 is 0 Å². The second-order valence-electron chi connectivity index (χ2n) is 4.27.